The molecular formula is C52H78CaO6S2. The Labute approximate surface area is 402 Å². The van der Waals surface area contributed by atoms with Crippen LogP contribution in [-0.4, -0.2) is 63.7 Å². The molecule has 4 aromatic rings. The summed E-state index contributed by atoms with van der Waals surface area (Å²) in [5, 5.41) is 3.06. The molecule has 0 saturated carbocycles. The third-order valence-electron chi connectivity index (χ3n) is 12.2. The van der Waals surface area contributed by atoms with E-state index in [1.54, 1.807) is 12.1 Å². The number of hydrogen-bond donors (Lipinski definition) is 0. The van der Waals surface area contributed by atoms with Gasteiger partial charge < -0.3 is 9.11 Å². The molecule has 0 aliphatic heterocycles. The summed E-state index contributed by atoms with van der Waals surface area (Å²) >= 11 is 0. The van der Waals surface area contributed by atoms with Gasteiger partial charge in [0.15, 0.2) is 0 Å². The van der Waals surface area contributed by atoms with Crippen molar-refractivity contribution in [2.75, 3.05) is 0 Å². The standard InChI is InChI=1S/2C26H40O3S.Ca/c2*1-3-5-7-9-11-13-16-22-20-21-25-24(18-15-19-26(25)30(27,28)29)23(22)17-14-12-10-8-6-4-2;/h2*15,18-21H,3-14,16-17H2,1-2H3,(H,27,28,29);/q;;+2/p-2. The number of aryl methyl sites for hydroxylation is 4. The van der Waals surface area contributed by atoms with Crippen molar-refractivity contribution >= 4 is 79.5 Å². The minimum atomic E-state index is -4.47. The van der Waals surface area contributed by atoms with Crippen LogP contribution in [0.5, 0.6) is 0 Å². The third kappa shape index (κ3) is 20.0. The Morgan fingerprint density at radius 2 is 0.623 bits per heavy atom. The van der Waals surface area contributed by atoms with Crippen LogP contribution in [-0.2, 0) is 45.9 Å². The molecule has 0 spiro atoms. The molecule has 4 rings (SSSR count). The van der Waals surface area contributed by atoms with Crippen molar-refractivity contribution in [1.29, 1.82) is 0 Å². The van der Waals surface area contributed by atoms with Gasteiger partial charge in [-0.3, -0.25) is 0 Å². The van der Waals surface area contributed by atoms with E-state index < -0.39 is 20.2 Å². The Hall–Kier alpha value is -1.52. The van der Waals surface area contributed by atoms with Crippen LogP contribution < -0.4 is 0 Å². The first-order chi connectivity index (χ1) is 29.0. The van der Waals surface area contributed by atoms with Crippen LogP contribution in [0.1, 0.15) is 204 Å². The van der Waals surface area contributed by atoms with E-state index in [9.17, 15) is 25.9 Å². The topological polar surface area (TPSA) is 114 Å². The second-order valence-corrected chi connectivity index (χ2v) is 19.8. The normalized spacial score (nSPS) is 11.8. The largest absolute Gasteiger partial charge is 2.00 e. The predicted molar refractivity (Wildman–Crippen MR) is 258 cm³/mol. The average Bonchev–Trinajstić information content (AvgIpc) is 3.22. The van der Waals surface area contributed by atoms with Crippen LogP contribution in [0.25, 0.3) is 21.5 Å². The summed E-state index contributed by atoms with van der Waals surface area (Å²) in [6.45, 7) is 8.93. The molecule has 0 amide bonds. The fraction of sp³-hybridized carbons (Fsp3) is 0.615. The fourth-order valence-electron chi connectivity index (χ4n) is 8.72. The number of hydrogen-bond acceptors (Lipinski definition) is 6. The van der Waals surface area contributed by atoms with Gasteiger partial charge in [-0.1, -0.05) is 205 Å². The molecule has 0 radical (unpaired) electrons. The van der Waals surface area contributed by atoms with E-state index in [2.05, 4.69) is 39.8 Å². The molecule has 0 unspecified atom stereocenters. The zero-order valence-electron chi connectivity index (χ0n) is 38.5. The molecule has 0 aromatic heterocycles. The summed E-state index contributed by atoms with van der Waals surface area (Å²) in [4.78, 5) is -0.175. The molecule has 6 nitrogen and oxygen atoms in total. The summed E-state index contributed by atoms with van der Waals surface area (Å²) in [6.07, 6.45) is 33.9. The first-order valence-corrected chi connectivity index (χ1v) is 26.8. The molecule has 0 aliphatic rings. The summed E-state index contributed by atoms with van der Waals surface area (Å²) < 4.78 is 70.5. The zero-order chi connectivity index (χ0) is 43.6. The van der Waals surface area contributed by atoms with Crippen LogP contribution in [0.2, 0.25) is 0 Å². The quantitative estimate of drug-likeness (QED) is 0.0292. The van der Waals surface area contributed by atoms with Gasteiger partial charge >= 0.3 is 37.7 Å². The Bertz CT molecular complexity index is 1900. The van der Waals surface area contributed by atoms with Gasteiger partial charge in [-0.15, -0.1) is 0 Å². The second kappa shape index (κ2) is 31.4. The number of unbranched alkanes of at least 4 members (excludes halogenated alkanes) is 20. The van der Waals surface area contributed by atoms with Gasteiger partial charge in [0.2, 0.25) is 0 Å². The molecule has 0 saturated heterocycles. The maximum absolute atomic E-state index is 11.7. The Kier molecular flexibility index (Phi) is 28.6. The fourth-order valence-corrected chi connectivity index (χ4v) is 10.1. The maximum atomic E-state index is 11.7. The zero-order valence-corrected chi connectivity index (χ0v) is 42.4. The van der Waals surface area contributed by atoms with Crippen molar-refractivity contribution in [1.82, 2.24) is 0 Å². The average molecular weight is 903 g/mol. The molecule has 4 aromatic carbocycles. The van der Waals surface area contributed by atoms with Crippen molar-refractivity contribution in [3.05, 3.63) is 82.9 Å². The molecular weight excluding hydrogens is 825 g/mol. The monoisotopic (exact) mass is 902 g/mol. The van der Waals surface area contributed by atoms with Crippen LogP contribution in [0.15, 0.2) is 70.5 Å². The van der Waals surface area contributed by atoms with E-state index in [0.29, 0.717) is 10.8 Å². The van der Waals surface area contributed by atoms with Gasteiger partial charge in [0.25, 0.3) is 0 Å². The minimum Gasteiger partial charge on any atom is -0.744 e. The number of fused-ring (bicyclic) bond motifs is 2. The molecule has 61 heavy (non-hydrogen) atoms. The molecule has 9 heteroatoms. The molecule has 0 bridgehead atoms. The number of rotatable bonds is 30. The minimum absolute atomic E-state index is 0. The third-order valence-corrected chi connectivity index (χ3v) is 13.9. The van der Waals surface area contributed by atoms with E-state index in [1.807, 2.05) is 24.3 Å². The molecule has 336 valence electrons. The van der Waals surface area contributed by atoms with Crippen LogP contribution >= 0.6 is 0 Å². The number of benzene rings is 4. The predicted octanol–water partition coefficient (Wildman–Crippen LogP) is 14.7. The van der Waals surface area contributed by atoms with Crippen molar-refractivity contribution in [3.63, 3.8) is 0 Å². The van der Waals surface area contributed by atoms with Gasteiger partial charge in [-0.25, -0.2) is 16.8 Å². The molecule has 0 N–H and O–H groups in total. The van der Waals surface area contributed by atoms with Gasteiger partial charge in [-0.05, 0) is 107 Å². The van der Waals surface area contributed by atoms with E-state index in [0.717, 1.165) is 62.1 Å². The van der Waals surface area contributed by atoms with E-state index >= 15 is 0 Å². The first-order valence-electron chi connectivity index (χ1n) is 24.0. The summed E-state index contributed by atoms with van der Waals surface area (Å²) in [7, 11) is -8.95. The smallest absolute Gasteiger partial charge is 0.744 e. The van der Waals surface area contributed by atoms with Gasteiger partial charge in [-0.2, -0.15) is 0 Å². The van der Waals surface area contributed by atoms with Crippen LogP contribution in [0.3, 0.4) is 0 Å². The molecule has 0 fully saturated rings. The Balaban J connectivity index is 0.000000413. The van der Waals surface area contributed by atoms with Crippen molar-refractivity contribution in [2.45, 2.75) is 217 Å². The summed E-state index contributed by atoms with van der Waals surface area (Å²) in [6, 6.07) is 18.1. The van der Waals surface area contributed by atoms with Crippen molar-refractivity contribution < 1.29 is 25.9 Å². The van der Waals surface area contributed by atoms with Gasteiger partial charge in [0.05, 0.1) is 9.79 Å². The second-order valence-electron chi connectivity index (χ2n) is 17.1. The van der Waals surface area contributed by atoms with Crippen molar-refractivity contribution in [3.8, 4) is 0 Å². The molecule has 0 heterocycles. The molecule has 0 atom stereocenters. The summed E-state index contributed by atoms with van der Waals surface area (Å²) in [5.41, 5.74) is 5.16. The van der Waals surface area contributed by atoms with Crippen LogP contribution in [0.4, 0.5) is 0 Å². The van der Waals surface area contributed by atoms with Gasteiger partial charge in [0.1, 0.15) is 20.2 Å². The Morgan fingerprint density at radius 3 is 0.918 bits per heavy atom. The van der Waals surface area contributed by atoms with Crippen molar-refractivity contribution in [2.24, 2.45) is 0 Å². The Morgan fingerprint density at radius 1 is 0.344 bits per heavy atom. The molecule has 0 aliphatic carbocycles. The van der Waals surface area contributed by atoms with Crippen LogP contribution in [0, 0.1) is 0 Å². The van der Waals surface area contributed by atoms with E-state index in [4.69, 9.17) is 0 Å². The van der Waals surface area contributed by atoms with Gasteiger partial charge in [0, 0.05) is 0 Å². The van der Waals surface area contributed by atoms with E-state index in [-0.39, 0.29) is 47.5 Å². The summed E-state index contributed by atoms with van der Waals surface area (Å²) in [5.74, 6) is 0. The SMILES string of the molecule is CCCCCCCCc1ccc2c(S(=O)(=O)[O-])cccc2c1CCCCCCCC.CCCCCCCCc1ccc2c(S(=O)(=O)[O-])cccc2c1CCCCCCCC.[Ca+2]. The van der Waals surface area contributed by atoms with E-state index in [1.165, 1.54) is 163 Å². The first kappa shape index (κ1) is 55.6. The maximum Gasteiger partial charge on any atom is 2.00 e.